The smallest absolute Gasteiger partial charge is 0.171 e. The molecule has 0 heterocycles. The monoisotopic (exact) mass is 215 g/mol. The Morgan fingerprint density at radius 3 is 2.33 bits per heavy atom. The molecule has 0 aliphatic rings. The minimum atomic E-state index is -4.34. The molecule has 0 N–H and O–H groups in total. The van der Waals surface area contributed by atoms with Crippen LogP contribution in [-0.4, -0.2) is 6.18 Å². The molecule has 1 atom stereocenters. The molecule has 1 rings (SSSR count). The lowest BCUT2D eigenvalue weighted by Gasteiger charge is -2.13. The van der Waals surface area contributed by atoms with Crippen molar-refractivity contribution >= 4 is 0 Å². The Kier molecular flexibility index (Phi) is 3.57. The van der Waals surface area contributed by atoms with E-state index in [9.17, 15) is 13.2 Å². The third-order valence-electron chi connectivity index (χ3n) is 1.80. The molecule has 0 aliphatic heterocycles. The molecule has 0 amide bonds. The summed E-state index contributed by atoms with van der Waals surface area (Å²) in [7, 11) is 0. The van der Waals surface area contributed by atoms with Crippen molar-refractivity contribution in [1.82, 2.24) is 0 Å². The molecular weight excluding hydrogens is 207 g/mol. The fourth-order valence-corrected chi connectivity index (χ4v) is 1.18. The fraction of sp³-hybridized carbons (Fsp3) is 0.333. The highest BCUT2D eigenvalue weighted by Gasteiger charge is 2.32. The lowest BCUT2D eigenvalue weighted by molar-refractivity contribution is -0.138. The molecule has 0 radical (unpaired) electrons. The Labute approximate surface area is 84.2 Å². The summed E-state index contributed by atoms with van der Waals surface area (Å²) in [5.41, 5.74) is 8.55. The van der Waals surface area contributed by atoms with Crippen LogP contribution in [0.2, 0.25) is 0 Å². The summed E-state index contributed by atoms with van der Waals surface area (Å²) in [6.07, 6.45) is -5.48. The Balaban J connectivity index is 2.89. The summed E-state index contributed by atoms with van der Waals surface area (Å²) in [5, 5.41) is 3.14. The first kappa shape index (κ1) is 11.4. The van der Waals surface area contributed by atoms with Crippen LogP contribution in [0.15, 0.2) is 35.4 Å². The highest BCUT2D eigenvalue weighted by Crippen LogP contribution is 2.31. The number of halogens is 3. The van der Waals surface area contributed by atoms with Crippen LogP contribution in [-0.2, 0) is 0 Å². The Bertz CT molecular complexity index is 355. The van der Waals surface area contributed by atoms with Crippen LogP contribution >= 0.6 is 0 Å². The first-order valence-electron chi connectivity index (χ1n) is 4.19. The summed E-state index contributed by atoms with van der Waals surface area (Å²) in [6.45, 7) is 0. The van der Waals surface area contributed by atoms with Crippen LogP contribution < -0.4 is 0 Å². The van der Waals surface area contributed by atoms with Gasteiger partial charge in [-0.05, 0) is 11.1 Å². The van der Waals surface area contributed by atoms with E-state index in [1.165, 1.54) is 12.1 Å². The van der Waals surface area contributed by atoms with Crippen LogP contribution in [0.4, 0.5) is 13.2 Å². The van der Waals surface area contributed by atoms with Crippen molar-refractivity contribution in [3.63, 3.8) is 0 Å². The van der Waals surface area contributed by atoms with Gasteiger partial charge in [0.05, 0.1) is 12.5 Å². The number of azide groups is 1. The normalized spacial score (nSPS) is 13.0. The Morgan fingerprint density at radius 1 is 1.27 bits per heavy atom. The van der Waals surface area contributed by atoms with E-state index in [-0.39, 0.29) is 0 Å². The van der Waals surface area contributed by atoms with Crippen LogP contribution in [0.3, 0.4) is 0 Å². The summed E-state index contributed by atoms with van der Waals surface area (Å²) < 4.78 is 36.4. The maximum Gasteiger partial charge on any atom is 0.389 e. The fourth-order valence-electron chi connectivity index (χ4n) is 1.18. The topological polar surface area (TPSA) is 48.8 Å². The standard InChI is InChI=1S/C9H8F3N3/c10-9(11,12)6-8(14-15-13)7-4-2-1-3-5-7/h1-5,8H,6H2/t8-/m0/s1. The van der Waals surface area contributed by atoms with Gasteiger partial charge in [0.2, 0.25) is 0 Å². The van der Waals surface area contributed by atoms with Crippen molar-refractivity contribution in [2.24, 2.45) is 5.11 Å². The molecule has 0 unspecified atom stereocenters. The predicted molar refractivity (Wildman–Crippen MR) is 49.0 cm³/mol. The molecule has 6 heteroatoms. The van der Waals surface area contributed by atoms with Gasteiger partial charge < -0.3 is 0 Å². The van der Waals surface area contributed by atoms with Gasteiger partial charge in [-0.3, -0.25) is 0 Å². The van der Waals surface area contributed by atoms with Gasteiger partial charge in [0, 0.05) is 4.91 Å². The van der Waals surface area contributed by atoms with E-state index < -0.39 is 18.6 Å². The molecule has 0 saturated carbocycles. The second-order valence-corrected chi connectivity index (χ2v) is 2.95. The molecule has 0 saturated heterocycles. The van der Waals surface area contributed by atoms with E-state index in [1.807, 2.05) is 0 Å². The second-order valence-electron chi connectivity index (χ2n) is 2.95. The number of nitrogens with zero attached hydrogens (tertiary/aromatic N) is 3. The van der Waals surface area contributed by atoms with Gasteiger partial charge in [-0.25, -0.2) is 0 Å². The quantitative estimate of drug-likeness (QED) is 0.416. The summed E-state index contributed by atoms with van der Waals surface area (Å²) in [5.74, 6) is 0. The van der Waals surface area contributed by atoms with E-state index in [2.05, 4.69) is 10.0 Å². The minimum absolute atomic E-state index is 0.368. The van der Waals surface area contributed by atoms with Crippen LogP contribution in [0.5, 0.6) is 0 Å². The van der Waals surface area contributed by atoms with Crippen LogP contribution in [0.1, 0.15) is 18.0 Å². The van der Waals surface area contributed by atoms with E-state index in [0.717, 1.165) is 0 Å². The summed E-state index contributed by atoms with van der Waals surface area (Å²) in [4.78, 5) is 2.42. The largest absolute Gasteiger partial charge is 0.389 e. The molecule has 0 aliphatic carbocycles. The zero-order chi connectivity index (χ0) is 11.3. The molecule has 0 fully saturated rings. The van der Waals surface area contributed by atoms with E-state index in [1.54, 1.807) is 18.2 Å². The molecule has 15 heavy (non-hydrogen) atoms. The van der Waals surface area contributed by atoms with Crippen LogP contribution in [0, 0.1) is 0 Å². The Morgan fingerprint density at radius 2 is 1.87 bits per heavy atom. The maximum atomic E-state index is 12.1. The number of benzene rings is 1. The Hall–Kier alpha value is -1.68. The van der Waals surface area contributed by atoms with Crippen molar-refractivity contribution in [2.75, 3.05) is 0 Å². The SMILES string of the molecule is [N-]=[N+]=N[C@@H](CC(F)(F)F)c1ccccc1. The molecule has 0 bridgehead atoms. The van der Waals surface area contributed by atoms with Crippen molar-refractivity contribution in [3.8, 4) is 0 Å². The van der Waals surface area contributed by atoms with Gasteiger partial charge in [-0.15, -0.1) is 0 Å². The average molecular weight is 215 g/mol. The summed E-state index contributed by atoms with van der Waals surface area (Å²) in [6, 6.07) is 6.72. The number of alkyl halides is 3. The highest BCUT2D eigenvalue weighted by molar-refractivity contribution is 5.19. The van der Waals surface area contributed by atoms with Gasteiger partial charge in [-0.1, -0.05) is 35.4 Å². The molecule has 0 spiro atoms. The number of hydrogen-bond donors (Lipinski definition) is 0. The lowest BCUT2D eigenvalue weighted by Crippen LogP contribution is -2.12. The van der Waals surface area contributed by atoms with Crippen molar-refractivity contribution < 1.29 is 13.2 Å². The third-order valence-corrected chi connectivity index (χ3v) is 1.80. The van der Waals surface area contributed by atoms with Crippen molar-refractivity contribution in [1.29, 1.82) is 0 Å². The zero-order valence-corrected chi connectivity index (χ0v) is 7.65. The molecule has 0 aromatic heterocycles. The van der Waals surface area contributed by atoms with Gasteiger partial charge in [0.15, 0.2) is 0 Å². The summed E-state index contributed by atoms with van der Waals surface area (Å²) >= 11 is 0. The highest BCUT2D eigenvalue weighted by atomic mass is 19.4. The molecule has 1 aromatic rings. The van der Waals surface area contributed by atoms with Gasteiger partial charge in [-0.2, -0.15) is 13.2 Å². The molecule has 3 nitrogen and oxygen atoms in total. The van der Waals surface area contributed by atoms with E-state index in [4.69, 9.17) is 5.53 Å². The van der Waals surface area contributed by atoms with E-state index >= 15 is 0 Å². The first-order chi connectivity index (χ1) is 7.03. The van der Waals surface area contributed by atoms with Crippen molar-refractivity contribution in [3.05, 3.63) is 46.3 Å². The van der Waals surface area contributed by atoms with Gasteiger partial charge in [0.25, 0.3) is 0 Å². The zero-order valence-electron chi connectivity index (χ0n) is 7.65. The molecule has 80 valence electrons. The minimum Gasteiger partial charge on any atom is -0.171 e. The van der Waals surface area contributed by atoms with Gasteiger partial charge in [0.1, 0.15) is 0 Å². The molecular formula is C9H8F3N3. The van der Waals surface area contributed by atoms with E-state index in [0.29, 0.717) is 5.56 Å². The lowest BCUT2D eigenvalue weighted by atomic mass is 10.0. The number of rotatable bonds is 3. The first-order valence-corrected chi connectivity index (χ1v) is 4.19. The average Bonchev–Trinajstić information content (AvgIpc) is 2.17. The molecule has 1 aromatic carbocycles. The second kappa shape index (κ2) is 4.70. The van der Waals surface area contributed by atoms with Crippen LogP contribution in [0.25, 0.3) is 10.4 Å². The number of hydrogen-bond acceptors (Lipinski definition) is 1. The maximum absolute atomic E-state index is 12.1. The van der Waals surface area contributed by atoms with Crippen molar-refractivity contribution in [2.45, 2.75) is 18.6 Å². The van der Waals surface area contributed by atoms with Gasteiger partial charge >= 0.3 is 6.18 Å². The predicted octanol–water partition coefficient (Wildman–Crippen LogP) is 3.99. The third kappa shape index (κ3) is 3.91.